The zero-order chi connectivity index (χ0) is 21.4. The van der Waals surface area contributed by atoms with Gasteiger partial charge in [0.05, 0.1) is 0 Å². The smallest absolute Gasteiger partial charge is 0.303 e. The van der Waals surface area contributed by atoms with Crippen molar-refractivity contribution in [3.63, 3.8) is 0 Å². The maximum absolute atomic E-state index is 13.4. The first-order valence-electron chi connectivity index (χ1n) is 9.58. The highest BCUT2D eigenvalue weighted by Crippen LogP contribution is 2.18. The first kappa shape index (κ1) is 22.9. The summed E-state index contributed by atoms with van der Waals surface area (Å²) in [6, 6.07) is 9.79. The average Bonchev–Trinajstić information content (AvgIpc) is 2.63. The molecule has 0 fully saturated rings. The van der Waals surface area contributed by atoms with E-state index < -0.39 is 29.1 Å². The molecule has 7 heteroatoms. The van der Waals surface area contributed by atoms with Gasteiger partial charge in [0.25, 0.3) is 5.91 Å². The van der Waals surface area contributed by atoms with Gasteiger partial charge in [0, 0.05) is 12.0 Å². The molecule has 0 heterocycles. The van der Waals surface area contributed by atoms with Gasteiger partial charge in [-0.05, 0) is 74.1 Å². The molecule has 0 spiro atoms. The van der Waals surface area contributed by atoms with Gasteiger partial charge in [-0.15, -0.1) is 0 Å². The summed E-state index contributed by atoms with van der Waals surface area (Å²) in [5.41, 5.74) is 2.33. The van der Waals surface area contributed by atoms with Gasteiger partial charge in [-0.2, -0.15) is 4.72 Å². The SMILES string of the molecule is Cc1cc(F)cc(C)c1C(=O)N[S+]([O-])c1cccc(CCCCCCC(=O)O)c1. The van der Waals surface area contributed by atoms with Crippen molar-refractivity contribution in [2.45, 2.75) is 57.3 Å². The summed E-state index contributed by atoms with van der Waals surface area (Å²) in [6.45, 7) is 3.29. The molecule has 156 valence electrons. The molecule has 1 unspecified atom stereocenters. The lowest BCUT2D eigenvalue weighted by atomic mass is 10.0. The number of halogens is 1. The molecule has 0 aliphatic heterocycles. The van der Waals surface area contributed by atoms with Crippen LogP contribution in [0.15, 0.2) is 41.3 Å². The van der Waals surface area contributed by atoms with Crippen LogP contribution in [0, 0.1) is 19.7 Å². The minimum Gasteiger partial charge on any atom is -0.588 e. The molecule has 0 aromatic heterocycles. The van der Waals surface area contributed by atoms with Gasteiger partial charge in [0.15, 0.2) is 4.90 Å². The third-order valence-electron chi connectivity index (χ3n) is 4.63. The number of amides is 1. The van der Waals surface area contributed by atoms with E-state index in [9.17, 15) is 18.5 Å². The molecule has 0 saturated heterocycles. The number of carboxylic acid groups (broad SMARTS) is 1. The largest absolute Gasteiger partial charge is 0.588 e. The molecular weight excluding hydrogens is 393 g/mol. The Bertz CT molecular complexity index is 849. The van der Waals surface area contributed by atoms with Crippen LogP contribution in [-0.4, -0.2) is 21.5 Å². The highest BCUT2D eigenvalue weighted by molar-refractivity contribution is 7.90. The van der Waals surface area contributed by atoms with Gasteiger partial charge in [-0.3, -0.25) is 9.59 Å². The number of carboxylic acids is 1. The molecule has 2 aromatic carbocycles. The first-order valence-corrected chi connectivity index (χ1v) is 10.7. The van der Waals surface area contributed by atoms with Crippen molar-refractivity contribution in [3.05, 3.63) is 64.5 Å². The van der Waals surface area contributed by atoms with Crippen LogP contribution in [0.5, 0.6) is 0 Å². The highest BCUT2D eigenvalue weighted by Gasteiger charge is 2.21. The molecule has 2 aromatic rings. The van der Waals surface area contributed by atoms with Crippen LogP contribution in [0.2, 0.25) is 0 Å². The fraction of sp³-hybridized carbons (Fsp3) is 0.364. The third kappa shape index (κ3) is 7.18. The molecular formula is C22H26FNO4S. The second kappa shape index (κ2) is 11.0. The summed E-state index contributed by atoms with van der Waals surface area (Å²) in [6.07, 6.45) is 4.37. The topological polar surface area (TPSA) is 89.5 Å². The second-order valence-electron chi connectivity index (χ2n) is 7.07. The maximum Gasteiger partial charge on any atom is 0.303 e. The van der Waals surface area contributed by atoms with E-state index in [2.05, 4.69) is 4.72 Å². The predicted molar refractivity (Wildman–Crippen MR) is 111 cm³/mol. The summed E-state index contributed by atoms with van der Waals surface area (Å²) in [4.78, 5) is 23.5. The molecule has 29 heavy (non-hydrogen) atoms. The summed E-state index contributed by atoms with van der Waals surface area (Å²) in [5, 5.41) is 8.63. The van der Waals surface area contributed by atoms with Crippen molar-refractivity contribution in [1.82, 2.24) is 4.72 Å². The molecule has 5 nitrogen and oxygen atoms in total. The van der Waals surface area contributed by atoms with Crippen molar-refractivity contribution in [2.75, 3.05) is 0 Å². The predicted octanol–water partition coefficient (Wildman–Crippen LogP) is 4.47. The Morgan fingerprint density at radius 2 is 1.72 bits per heavy atom. The molecule has 0 radical (unpaired) electrons. The Balaban J connectivity index is 1.93. The number of benzene rings is 2. The van der Waals surface area contributed by atoms with E-state index >= 15 is 0 Å². The number of unbranched alkanes of at least 4 members (excludes halogenated alkanes) is 3. The van der Waals surface area contributed by atoms with Crippen LogP contribution in [0.25, 0.3) is 0 Å². The fourth-order valence-corrected chi connectivity index (χ4v) is 4.09. The van der Waals surface area contributed by atoms with E-state index in [0.29, 0.717) is 28.0 Å². The van der Waals surface area contributed by atoms with Gasteiger partial charge in [-0.1, -0.05) is 25.0 Å². The van der Waals surface area contributed by atoms with Crippen molar-refractivity contribution in [1.29, 1.82) is 0 Å². The molecule has 1 atom stereocenters. The molecule has 2 rings (SSSR count). The fourth-order valence-electron chi connectivity index (χ4n) is 3.24. The molecule has 0 aliphatic carbocycles. The second-order valence-corrected chi connectivity index (χ2v) is 8.28. The van der Waals surface area contributed by atoms with Gasteiger partial charge < -0.3 is 9.66 Å². The number of hydrogen-bond acceptors (Lipinski definition) is 3. The van der Waals surface area contributed by atoms with Crippen LogP contribution in [0.4, 0.5) is 4.39 Å². The van der Waals surface area contributed by atoms with E-state index in [1.807, 2.05) is 6.07 Å². The number of rotatable bonds is 10. The van der Waals surface area contributed by atoms with E-state index in [4.69, 9.17) is 5.11 Å². The van der Waals surface area contributed by atoms with Crippen LogP contribution < -0.4 is 4.72 Å². The lowest BCUT2D eigenvalue weighted by molar-refractivity contribution is -0.137. The standard InChI is InChI=1S/C22H26FNO4S/c1-15-12-18(23)13-16(2)21(15)22(27)24-29(28)19-10-7-9-17(14-19)8-5-3-4-6-11-20(25)26/h7,9-10,12-14H,3-6,8,11H2,1-2H3,(H,24,27)(H,25,26). The van der Waals surface area contributed by atoms with Crippen LogP contribution in [0.3, 0.4) is 0 Å². The Kier molecular flexibility index (Phi) is 8.67. The lowest BCUT2D eigenvalue weighted by Gasteiger charge is -2.14. The normalized spacial score (nSPS) is 11.9. The number of nitrogens with one attached hydrogen (secondary N) is 1. The highest BCUT2D eigenvalue weighted by atomic mass is 32.2. The van der Waals surface area contributed by atoms with Crippen molar-refractivity contribution in [2.24, 2.45) is 0 Å². The third-order valence-corrected chi connectivity index (χ3v) is 5.68. The average molecular weight is 420 g/mol. The van der Waals surface area contributed by atoms with Gasteiger partial charge in [-0.25, -0.2) is 4.39 Å². The summed E-state index contributed by atoms with van der Waals surface area (Å²) >= 11 is -1.72. The first-order chi connectivity index (χ1) is 13.8. The summed E-state index contributed by atoms with van der Waals surface area (Å²) in [7, 11) is 0. The van der Waals surface area contributed by atoms with Crippen LogP contribution in [0.1, 0.15) is 59.2 Å². The van der Waals surface area contributed by atoms with E-state index in [0.717, 1.165) is 31.2 Å². The Morgan fingerprint density at radius 3 is 2.38 bits per heavy atom. The van der Waals surface area contributed by atoms with Gasteiger partial charge in [0.2, 0.25) is 0 Å². The number of hydrogen-bond donors (Lipinski definition) is 2. The Morgan fingerprint density at radius 1 is 1.07 bits per heavy atom. The monoisotopic (exact) mass is 419 g/mol. The lowest BCUT2D eigenvalue weighted by Crippen LogP contribution is -2.31. The van der Waals surface area contributed by atoms with E-state index in [-0.39, 0.29) is 6.42 Å². The molecule has 0 aliphatic rings. The van der Waals surface area contributed by atoms with E-state index in [1.165, 1.54) is 12.1 Å². The van der Waals surface area contributed by atoms with Crippen molar-refractivity contribution < 1.29 is 23.6 Å². The van der Waals surface area contributed by atoms with Crippen molar-refractivity contribution >= 4 is 23.2 Å². The Labute approximate surface area is 173 Å². The maximum atomic E-state index is 13.4. The molecule has 1 amide bonds. The van der Waals surface area contributed by atoms with Gasteiger partial charge in [0.1, 0.15) is 17.2 Å². The number of carbonyl (C=O) groups is 2. The van der Waals surface area contributed by atoms with Crippen molar-refractivity contribution in [3.8, 4) is 0 Å². The zero-order valence-corrected chi connectivity index (χ0v) is 17.5. The zero-order valence-electron chi connectivity index (χ0n) is 16.7. The Hall–Kier alpha value is -2.38. The van der Waals surface area contributed by atoms with E-state index in [1.54, 1.807) is 32.0 Å². The molecule has 0 saturated carbocycles. The number of carbonyl (C=O) groups excluding carboxylic acids is 1. The summed E-state index contributed by atoms with van der Waals surface area (Å²) < 4.78 is 28.5. The number of aryl methyl sites for hydroxylation is 3. The molecule has 0 bridgehead atoms. The summed E-state index contributed by atoms with van der Waals surface area (Å²) in [5.74, 6) is -1.68. The molecule has 2 N–H and O–H groups in total. The minimum atomic E-state index is -1.72. The number of aliphatic carboxylic acids is 1. The van der Waals surface area contributed by atoms with Crippen LogP contribution in [-0.2, 0) is 22.6 Å². The van der Waals surface area contributed by atoms with Crippen LogP contribution >= 0.6 is 0 Å². The quantitative estimate of drug-likeness (QED) is 0.439. The van der Waals surface area contributed by atoms with Gasteiger partial charge >= 0.3 is 5.97 Å². The minimum absolute atomic E-state index is 0.196.